The lowest BCUT2D eigenvalue weighted by molar-refractivity contribution is 0.462. The minimum Gasteiger partial charge on any atom is -0.508 e. The number of phenolic OH excluding ortho intramolecular Hbond substituents is 1. The van der Waals surface area contributed by atoms with E-state index in [0.29, 0.717) is 25.2 Å². The summed E-state index contributed by atoms with van der Waals surface area (Å²) in [5.74, 6) is 0.0982. The standard InChI is InChI=1S/C11H19N3O3S/c1-13(9-3-8-12)18(16,17)14(2)10-4-6-11(15)7-5-10/h4-7,15H,3,8-9,12H2,1-2H3. The Labute approximate surface area is 108 Å². The molecule has 6 nitrogen and oxygen atoms in total. The third-order valence-corrected chi connectivity index (χ3v) is 4.50. The molecule has 0 atom stereocenters. The molecule has 0 aliphatic carbocycles. The van der Waals surface area contributed by atoms with E-state index in [2.05, 4.69) is 0 Å². The van der Waals surface area contributed by atoms with Crippen molar-refractivity contribution in [3.63, 3.8) is 0 Å². The molecule has 0 saturated carbocycles. The molecule has 0 fully saturated rings. The van der Waals surface area contributed by atoms with E-state index in [9.17, 15) is 13.5 Å². The van der Waals surface area contributed by atoms with Gasteiger partial charge in [0.1, 0.15) is 5.75 Å². The van der Waals surface area contributed by atoms with Crippen molar-refractivity contribution >= 4 is 15.9 Å². The quantitative estimate of drug-likeness (QED) is 0.783. The Kier molecular flexibility index (Phi) is 4.94. The third kappa shape index (κ3) is 3.34. The Morgan fingerprint density at radius 3 is 2.28 bits per heavy atom. The van der Waals surface area contributed by atoms with Gasteiger partial charge in [0.15, 0.2) is 0 Å². The predicted octanol–water partition coefficient (Wildman–Crippen LogP) is 0.354. The van der Waals surface area contributed by atoms with E-state index in [0.717, 1.165) is 0 Å². The first-order chi connectivity index (χ1) is 8.39. The first-order valence-corrected chi connectivity index (χ1v) is 6.98. The van der Waals surface area contributed by atoms with Gasteiger partial charge < -0.3 is 10.8 Å². The lowest BCUT2D eigenvalue weighted by atomic mass is 10.3. The fourth-order valence-corrected chi connectivity index (χ4v) is 2.60. The maximum atomic E-state index is 12.2. The molecular formula is C11H19N3O3S. The van der Waals surface area contributed by atoms with E-state index in [1.807, 2.05) is 0 Å². The highest BCUT2D eigenvalue weighted by atomic mass is 32.2. The number of hydrogen-bond acceptors (Lipinski definition) is 4. The Morgan fingerprint density at radius 1 is 1.22 bits per heavy atom. The molecule has 1 aromatic rings. The first kappa shape index (κ1) is 14.7. The molecule has 0 aliphatic heterocycles. The van der Waals surface area contributed by atoms with E-state index in [-0.39, 0.29) is 5.75 Å². The molecule has 0 aliphatic rings. The number of nitrogens with two attached hydrogens (primary N) is 1. The van der Waals surface area contributed by atoms with E-state index < -0.39 is 10.2 Å². The Bertz CT molecular complexity index is 473. The van der Waals surface area contributed by atoms with Gasteiger partial charge in [-0.25, -0.2) is 0 Å². The van der Waals surface area contributed by atoms with Crippen LogP contribution >= 0.6 is 0 Å². The van der Waals surface area contributed by atoms with Crippen LogP contribution in [-0.2, 0) is 10.2 Å². The summed E-state index contributed by atoms with van der Waals surface area (Å²) in [4.78, 5) is 0. The number of nitrogens with zero attached hydrogens (tertiary/aromatic N) is 2. The molecule has 7 heteroatoms. The summed E-state index contributed by atoms with van der Waals surface area (Å²) >= 11 is 0. The predicted molar refractivity (Wildman–Crippen MR) is 71.7 cm³/mol. The van der Waals surface area contributed by atoms with Gasteiger partial charge in [-0.05, 0) is 37.2 Å². The monoisotopic (exact) mass is 273 g/mol. The lowest BCUT2D eigenvalue weighted by Crippen LogP contribution is -2.40. The lowest BCUT2D eigenvalue weighted by Gasteiger charge is -2.25. The van der Waals surface area contributed by atoms with Crippen molar-refractivity contribution < 1.29 is 13.5 Å². The smallest absolute Gasteiger partial charge is 0.303 e. The van der Waals surface area contributed by atoms with Crippen LogP contribution in [0.3, 0.4) is 0 Å². The number of rotatable bonds is 6. The van der Waals surface area contributed by atoms with Crippen molar-refractivity contribution in [2.75, 3.05) is 31.5 Å². The summed E-state index contributed by atoms with van der Waals surface area (Å²) in [7, 11) is -0.559. The Balaban J connectivity index is 2.87. The van der Waals surface area contributed by atoms with E-state index in [1.54, 1.807) is 12.1 Å². The van der Waals surface area contributed by atoms with Crippen LogP contribution in [0, 0.1) is 0 Å². The van der Waals surface area contributed by atoms with Crippen molar-refractivity contribution in [2.24, 2.45) is 5.73 Å². The first-order valence-electron chi connectivity index (χ1n) is 5.59. The summed E-state index contributed by atoms with van der Waals surface area (Å²) in [6, 6.07) is 5.98. The highest BCUT2D eigenvalue weighted by Gasteiger charge is 2.23. The highest BCUT2D eigenvalue weighted by Crippen LogP contribution is 2.20. The summed E-state index contributed by atoms with van der Waals surface area (Å²) in [6.07, 6.45) is 0.610. The third-order valence-electron chi connectivity index (χ3n) is 2.63. The normalized spacial score (nSPS) is 11.8. The van der Waals surface area contributed by atoms with Crippen molar-refractivity contribution in [3.8, 4) is 5.75 Å². The van der Waals surface area contributed by atoms with Gasteiger partial charge in [0, 0.05) is 20.6 Å². The number of aromatic hydroxyl groups is 1. The topological polar surface area (TPSA) is 86.9 Å². The van der Waals surface area contributed by atoms with Crippen LogP contribution in [0.15, 0.2) is 24.3 Å². The molecule has 102 valence electrons. The number of hydrogen-bond donors (Lipinski definition) is 2. The van der Waals surface area contributed by atoms with Gasteiger partial charge in [0.25, 0.3) is 0 Å². The summed E-state index contributed by atoms with van der Waals surface area (Å²) in [5.41, 5.74) is 5.85. The van der Waals surface area contributed by atoms with E-state index >= 15 is 0 Å². The maximum absolute atomic E-state index is 12.2. The zero-order chi connectivity index (χ0) is 13.8. The molecule has 0 heterocycles. The van der Waals surface area contributed by atoms with Crippen LogP contribution in [0.25, 0.3) is 0 Å². The van der Waals surface area contributed by atoms with Crippen LogP contribution in [0.2, 0.25) is 0 Å². The fourth-order valence-electron chi connectivity index (χ4n) is 1.43. The zero-order valence-corrected chi connectivity index (χ0v) is 11.4. The van der Waals surface area contributed by atoms with Crippen LogP contribution in [0.4, 0.5) is 5.69 Å². The average Bonchev–Trinajstić information content (AvgIpc) is 2.35. The minimum absolute atomic E-state index is 0.0982. The van der Waals surface area contributed by atoms with Gasteiger partial charge in [-0.1, -0.05) is 0 Å². The molecular weight excluding hydrogens is 254 g/mol. The minimum atomic E-state index is -3.55. The van der Waals surface area contributed by atoms with Gasteiger partial charge >= 0.3 is 10.2 Å². The number of benzene rings is 1. The summed E-state index contributed by atoms with van der Waals surface area (Å²) < 4.78 is 26.8. The maximum Gasteiger partial charge on any atom is 0.303 e. The van der Waals surface area contributed by atoms with Crippen molar-refractivity contribution in [1.29, 1.82) is 0 Å². The summed E-state index contributed by atoms with van der Waals surface area (Å²) in [5, 5.41) is 9.17. The second-order valence-electron chi connectivity index (χ2n) is 3.96. The molecule has 0 amide bonds. The molecule has 18 heavy (non-hydrogen) atoms. The zero-order valence-electron chi connectivity index (χ0n) is 10.6. The number of anilines is 1. The van der Waals surface area contributed by atoms with Crippen LogP contribution in [0.1, 0.15) is 6.42 Å². The molecule has 0 radical (unpaired) electrons. The Morgan fingerprint density at radius 2 is 1.78 bits per heavy atom. The highest BCUT2D eigenvalue weighted by molar-refractivity contribution is 7.90. The second kappa shape index (κ2) is 6.03. The molecule has 1 rings (SSSR count). The molecule has 0 aromatic heterocycles. The van der Waals surface area contributed by atoms with Crippen LogP contribution < -0.4 is 10.0 Å². The van der Waals surface area contributed by atoms with Crippen molar-refractivity contribution in [2.45, 2.75) is 6.42 Å². The van der Waals surface area contributed by atoms with Gasteiger partial charge in [0.2, 0.25) is 0 Å². The molecule has 0 saturated heterocycles. The largest absolute Gasteiger partial charge is 0.508 e. The fraction of sp³-hybridized carbons (Fsp3) is 0.455. The van der Waals surface area contributed by atoms with Crippen LogP contribution in [0.5, 0.6) is 5.75 Å². The molecule has 3 N–H and O–H groups in total. The molecule has 0 unspecified atom stereocenters. The Hall–Kier alpha value is -1.31. The number of phenols is 1. The summed E-state index contributed by atoms with van der Waals surface area (Å²) in [6.45, 7) is 0.823. The van der Waals surface area contributed by atoms with Crippen LogP contribution in [-0.4, -0.2) is 45.0 Å². The second-order valence-corrected chi connectivity index (χ2v) is 6.02. The van der Waals surface area contributed by atoms with E-state index in [4.69, 9.17) is 5.73 Å². The van der Waals surface area contributed by atoms with Crippen molar-refractivity contribution in [1.82, 2.24) is 4.31 Å². The van der Waals surface area contributed by atoms with Gasteiger partial charge in [-0.3, -0.25) is 4.31 Å². The molecule has 0 bridgehead atoms. The SMILES string of the molecule is CN(CCCN)S(=O)(=O)N(C)c1ccc(O)cc1. The molecule has 1 aromatic carbocycles. The van der Waals surface area contributed by atoms with E-state index in [1.165, 1.54) is 34.8 Å². The van der Waals surface area contributed by atoms with Gasteiger partial charge in [-0.15, -0.1) is 0 Å². The molecule has 0 spiro atoms. The van der Waals surface area contributed by atoms with Gasteiger partial charge in [0.05, 0.1) is 5.69 Å². The average molecular weight is 273 g/mol. The van der Waals surface area contributed by atoms with Crippen molar-refractivity contribution in [3.05, 3.63) is 24.3 Å². The van der Waals surface area contributed by atoms with Gasteiger partial charge in [-0.2, -0.15) is 12.7 Å².